The number of carbonyl (C=O) groups excluding carboxylic acids is 2. The van der Waals surface area contributed by atoms with E-state index in [4.69, 9.17) is 21.1 Å². The molecule has 0 saturated heterocycles. The topological polar surface area (TPSA) is 79.9 Å². The molecule has 0 aliphatic carbocycles. The number of amides is 2. The van der Waals surface area contributed by atoms with Gasteiger partial charge >= 0.3 is 0 Å². The smallest absolute Gasteiger partial charge is 0.238 e. The molecule has 27 heavy (non-hydrogen) atoms. The highest BCUT2D eigenvalue weighted by atomic mass is 35.5. The van der Waals surface area contributed by atoms with Crippen LogP contribution in [0.5, 0.6) is 11.5 Å². The molecular weight excluding hydrogens is 370 g/mol. The summed E-state index contributed by atoms with van der Waals surface area (Å²) in [5, 5.41) is 6.11. The number of nitrogens with one attached hydrogen (secondary N) is 2. The maximum atomic E-state index is 12.2. The van der Waals surface area contributed by atoms with Gasteiger partial charge in [0.2, 0.25) is 11.8 Å². The SMILES string of the molecule is COc1ccc(NC(=O)CN(C)CC(=O)Nc2ccc(Cl)cc2)c(OC)c1. The minimum Gasteiger partial charge on any atom is -0.497 e. The summed E-state index contributed by atoms with van der Waals surface area (Å²) < 4.78 is 10.4. The first-order valence-corrected chi connectivity index (χ1v) is 8.55. The minimum absolute atomic E-state index is 0.0449. The third kappa shape index (κ3) is 6.47. The minimum atomic E-state index is -0.264. The molecule has 0 spiro atoms. The Morgan fingerprint density at radius 2 is 1.59 bits per heavy atom. The van der Waals surface area contributed by atoms with Crippen LogP contribution in [-0.4, -0.2) is 51.1 Å². The highest BCUT2D eigenvalue weighted by molar-refractivity contribution is 6.30. The van der Waals surface area contributed by atoms with E-state index in [-0.39, 0.29) is 24.9 Å². The van der Waals surface area contributed by atoms with Crippen molar-refractivity contribution in [1.82, 2.24) is 4.90 Å². The number of benzene rings is 2. The summed E-state index contributed by atoms with van der Waals surface area (Å²) in [6.45, 7) is 0.110. The first-order valence-electron chi connectivity index (χ1n) is 8.17. The van der Waals surface area contributed by atoms with Crippen LogP contribution in [0.15, 0.2) is 42.5 Å². The molecule has 0 radical (unpaired) electrons. The quantitative estimate of drug-likeness (QED) is 0.723. The second-order valence-electron chi connectivity index (χ2n) is 5.84. The molecule has 2 N–H and O–H groups in total. The molecule has 0 atom stereocenters. The predicted octanol–water partition coefficient (Wildman–Crippen LogP) is 2.87. The Morgan fingerprint density at radius 1 is 0.963 bits per heavy atom. The van der Waals surface area contributed by atoms with Crippen molar-refractivity contribution in [2.24, 2.45) is 0 Å². The zero-order valence-corrected chi connectivity index (χ0v) is 16.2. The average molecular weight is 392 g/mol. The number of nitrogens with zero attached hydrogens (tertiary/aromatic N) is 1. The lowest BCUT2D eigenvalue weighted by atomic mass is 10.2. The van der Waals surface area contributed by atoms with Crippen molar-refractivity contribution in [3.05, 3.63) is 47.5 Å². The third-order valence-electron chi connectivity index (χ3n) is 3.64. The fourth-order valence-corrected chi connectivity index (χ4v) is 2.50. The molecule has 0 bridgehead atoms. The summed E-state index contributed by atoms with van der Waals surface area (Å²) >= 11 is 5.81. The Balaban J connectivity index is 1.86. The van der Waals surface area contributed by atoms with Gasteiger partial charge in [0.1, 0.15) is 11.5 Å². The summed E-state index contributed by atoms with van der Waals surface area (Å²) in [7, 11) is 4.75. The number of hydrogen-bond donors (Lipinski definition) is 2. The van der Waals surface area contributed by atoms with E-state index in [2.05, 4.69) is 10.6 Å². The Kier molecular flexibility index (Phi) is 7.45. The van der Waals surface area contributed by atoms with E-state index in [1.54, 1.807) is 61.5 Å². The van der Waals surface area contributed by atoms with E-state index < -0.39 is 0 Å². The van der Waals surface area contributed by atoms with Crippen LogP contribution in [0.1, 0.15) is 0 Å². The molecule has 2 aromatic carbocycles. The number of rotatable bonds is 8. The summed E-state index contributed by atoms with van der Waals surface area (Å²) in [5.41, 5.74) is 1.17. The normalized spacial score (nSPS) is 10.4. The molecule has 8 heteroatoms. The van der Waals surface area contributed by atoms with E-state index in [0.717, 1.165) is 0 Å². The maximum absolute atomic E-state index is 12.2. The summed E-state index contributed by atoms with van der Waals surface area (Å²) in [5.74, 6) is 0.626. The summed E-state index contributed by atoms with van der Waals surface area (Å²) in [6.07, 6.45) is 0. The largest absolute Gasteiger partial charge is 0.497 e. The van der Waals surface area contributed by atoms with Gasteiger partial charge in [0.05, 0.1) is 33.0 Å². The van der Waals surface area contributed by atoms with Crippen molar-refractivity contribution in [1.29, 1.82) is 0 Å². The monoisotopic (exact) mass is 391 g/mol. The number of likely N-dealkylation sites (N-methyl/N-ethyl adjacent to an activating group) is 1. The highest BCUT2D eigenvalue weighted by Gasteiger charge is 2.13. The zero-order chi connectivity index (χ0) is 19.8. The van der Waals surface area contributed by atoms with Gasteiger partial charge in [0.15, 0.2) is 0 Å². The van der Waals surface area contributed by atoms with Crippen LogP contribution in [0.2, 0.25) is 5.02 Å². The molecule has 2 aromatic rings. The van der Waals surface area contributed by atoms with E-state index in [1.807, 2.05) is 0 Å². The fraction of sp³-hybridized carbons (Fsp3) is 0.263. The van der Waals surface area contributed by atoms with Gasteiger partial charge in [-0.15, -0.1) is 0 Å². The number of halogens is 1. The van der Waals surface area contributed by atoms with Crippen LogP contribution in [-0.2, 0) is 9.59 Å². The van der Waals surface area contributed by atoms with Crippen molar-refractivity contribution in [3.63, 3.8) is 0 Å². The number of anilines is 2. The van der Waals surface area contributed by atoms with Gasteiger partial charge in [0.25, 0.3) is 0 Å². The second kappa shape index (κ2) is 9.80. The number of hydrogen-bond acceptors (Lipinski definition) is 5. The zero-order valence-electron chi connectivity index (χ0n) is 15.4. The molecule has 0 saturated carbocycles. The summed E-state index contributed by atoms with van der Waals surface area (Å²) in [6, 6.07) is 11.9. The number of carbonyl (C=O) groups is 2. The van der Waals surface area contributed by atoms with Gasteiger partial charge in [-0.05, 0) is 43.4 Å². The average Bonchev–Trinajstić information content (AvgIpc) is 2.63. The third-order valence-corrected chi connectivity index (χ3v) is 3.89. The van der Waals surface area contributed by atoms with Gasteiger partial charge in [-0.25, -0.2) is 0 Å². The fourth-order valence-electron chi connectivity index (χ4n) is 2.37. The van der Waals surface area contributed by atoms with E-state index in [1.165, 1.54) is 7.11 Å². The van der Waals surface area contributed by atoms with Crippen molar-refractivity contribution < 1.29 is 19.1 Å². The van der Waals surface area contributed by atoms with Crippen LogP contribution < -0.4 is 20.1 Å². The maximum Gasteiger partial charge on any atom is 0.238 e. The first kappa shape index (κ1) is 20.5. The predicted molar refractivity (Wildman–Crippen MR) is 106 cm³/mol. The van der Waals surface area contributed by atoms with Crippen molar-refractivity contribution in [2.75, 3.05) is 45.0 Å². The Hall–Kier alpha value is -2.77. The first-order chi connectivity index (χ1) is 12.9. The summed E-state index contributed by atoms with van der Waals surface area (Å²) in [4.78, 5) is 25.9. The molecule has 7 nitrogen and oxygen atoms in total. The lowest BCUT2D eigenvalue weighted by molar-refractivity contribution is -0.119. The number of ether oxygens (including phenoxy) is 2. The lowest BCUT2D eigenvalue weighted by Crippen LogP contribution is -2.36. The Labute approximate surface area is 163 Å². The molecule has 0 aliphatic rings. The van der Waals surface area contributed by atoms with E-state index in [0.29, 0.717) is 27.9 Å². The second-order valence-corrected chi connectivity index (χ2v) is 6.28. The van der Waals surface area contributed by atoms with Crippen molar-refractivity contribution in [2.45, 2.75) is 0 Å². The molecule has 2 rings (SSSR count). The van der Waals surface area contributed by atoms with Gasteiger partial charge in [0, 0.05) is 16.8 Å². The molecule has 0 unspecified atom stereocenters. The molecular formula is C19H22ClN3O4. The number of methoxy groups -OCH3 is 2. The van der Waals surface area contributed by atoms with Crippen molar-refractivity contribution >= 4 is 34.8 Å². The molecule has 0 fully saturated rings. The highest BCUT2D eigenvalue weighted by Crippen LogP contribution is 2.28. The van der Waals surface area contributed by atoms with Crippen LogP contribution in [0.25, 0.3) is 0 Å². The standard InChI is InChI=1S/C19H22ClN3O4/c1-23(11-18(24)21-14-6-4-13(20)5-7-14)12-19(25)22-16-9-8-15(26-2)10-17(16)27-3/h4-10H,11-12H2,1-3H3,(H,21,24)(H,22,25). The van der Waals surface area contributed by atoms with Gasteiger partial charge < -0.3 is 20.1 Å². The van der Waals surface area contributed by atoms with Gasteiger partial charge in [-0.3, -0.25) is 14.5 Å². The van der Waals surface area contributed by atoms with Gasteiger partial charge in [-0.2, -0.15) is 0 Å². The van der Waals surface area contributed by atoms with Crippen LogP contribution in [0.3, 0.4) is 0 Å². The van der Waals surface area contributed by atoms with Crippen molar-refractivity contribution in [3.8, 4) is 11.5 Å². The van der Waals surface area contributed by atoms with Gasteiger partial charge in [-0.1, -0.05) is 11.6 Å². The van der Waals surface area contributed by atoms with Crippen LogP contribution >= 0.6 is 11.6 Å². The Morgan fingerprint density at radius 3 is 2.19 bits per heavy atom. The lowest BCUT2D eigenvalue weighted by Gasteiger charge is -2.17. The van der Waals surface area contributed by atoms with Crippen LogP contribution in [0, 0.1) is 0 Å². The van der Waals surface area contributed by atoms with Crippen LogP contribution in [0.4, 0.5) is 11.4 Å². The molecule has 0 aromatic heterocycles. The molecule has 144 valence electrons. The molecule has 0 aliphatic heterocycles. The van der Waals surface area contributed by atoms with E-state index >= 15 is 0 Å². The molecule has 2 amide bonds. The van der Waals surface area contributed by atoms with E-state index in [9.17, 15) is 9.59 Å². The molecule has 0 heterocycles. The Bertz CT molecular complexity index is 796.